The van der Waals surface area contributed by atoms with Gasteiger partial charge in [-0.15, -0.1) is 11.3 Å². The van der Waals surface area contributed by atoms with Crippen LogP contribution in [0.4, 0.5) is 4.39 Å². The van der Waals surface area contributed by atoms with Gasteiger partial charge in [-0.05, 0) is 19.1 Å². The van der Waals surface area contributed by atoms with E-state index in [9.17, 15) is 14.0 Å². The quantitative estimate of drug-likeness (QED) is 0.617. The molecule has 144 valence electrons. The summed E-state index contributed by atoms with van der Waals surface area (Å²) in [6.07, 6.45) is 0. The Morgan fingerprint density at radius 1 is 1.18 bits per heavy atom. The van der Waals surface area contributed by atoms with E-state index >= 15 is 0 Å². The Hall–Kier alpha value is -2.97. The molecular weight excluding hydrogens is 405 g/mol. The lowest BCUT2D eigenvalue weighted by Crippen LogP contribution is -2.43. The average molecular weight is 420 g/mol. The molecule has 1 aromatic heterocycles. The van der Waals surface area contributed by atoms with Crippen molar-refractivity contribution in [2.75, 3.05) is 6.61 Å². The first-order chi connectivity index (χ1) is 13.4. The molecule has 2 aromatic carbocycles. The predicted molar refractivity (Wildman–Crippen MR) is 105 cm³/mol. The van der Waals surface area contributed by atoms with Gasteiger partial charge in [0, 0.05) is 11.6 Å². The fraction of sp³-hybridized carbons (Fsp3) is 0.105. The molecular formula is C19H15ClFN3O3S. The number of hydrazine groups is 1. The second-order valence-corrected chi connectivity index (χ2v) is 7.07. The Morgan fingerprint density at radius 3 is 2.64 bits per heavy atom. The van der Waals surface area contributed by atoms with Crippen LogP contribution in [0.15, 0.2) is 48.5 Å². The number of ether oxygens (including phenoxy) is 1. The van der Waals surface area contributed by atoms with Gasteiger partial charge in [-0.25, -0.2) is 9.37 Å². The summed E-state index contributed by atoms with van der Waals surface area (Å²) >= 11 is 6.87. The van der Waals surface area contributed by atoms with Crippen LogP contribution in [0.3, 0.4) is 0 Å². The van der Waals surface area contributed by atoms with E-state index in [-0.39, 0.29) is 17.4 Å². The van der Waals surface area contributed by atoms with Crippen LogP contribution in [-0.4, -0.2) is 23.4 Å². The molecule has 1 heterocycles. The van der Waals surface area contributed by atoms with E-state index < -0.39 is 17.6 Å². The third kappa shape index (κ3) is 4.85. The van der Waals surface area contributed by atoms with Crippen molar-refractivity contribution in [3.63, 3.8) is 0 Å². The lowest BCUT2D eigenvalue weighted by atomic mass is 10.2. The van der Waals surface area contributed by atoms with Gasteiger partial charge < -0.3 is 4.74 Å². The van der Waals surface area contributed by atoms with E-state index in [0.717, 1.165) is 11.6 Å². The summed E-state index contributed by atoms with van der Waals surface area (Å²) in [5.74, 6) is -1.41. The maximum Gasteiger partial charge on any atom is 0.281 e. The topological polar surface area (TPSA) is 80.3 Å². The van der Waals surface area contributed by atoms with Crippen molar-refractivity contribution in [2.24, 2.45) is 0 Å². The number of hydrogen-bond acceptors (Lipinski definition) is 5. The molecule has 0 spiro atoms. The van der Waals surface area contributed by atoms with Gasteiger partial charge in [0.15, 0.2) is 6.61 Å². The molecule has 0 aliphatic heterocycles. The van der Waals surface area contributed by atoms with Gasteiger partial charge in [-0.2, -0.15) is 0 Å². The second-order valence-electron chi connectivity index (χ2n) is 5.67. The normalized spacial score (nSPS) is 10.4. The molecule has 0 radical (unpaired) electrons. The maximum atomic E-state index is 13.1. The van der Waals surface area contributed by atoms with E-state index in [1.54, 1.807) is 6.92 Å². The number of nitrogens with one attached hydrogen (secondary N) is 2. The lowest BCUT2D eigenvalue weighted by Gasteiger charge is -2.08. The molecule has 9 heteroatoms. The number of halogens is 2. The summed E-state index contributed by atoms with van der Waals surface area (Å²) in [6.45, 7) is 1.35. The smallest absolute Gasteiger partial charge is 0.281 e. The lowest BCUT2D eigenvalue weighted by molar-refractivity contribution is -0.123. The van der Waals surface area contributed by atoms with Crippen LogP contribution in [0, 0.1) is 12.7 Å². The van der Waals surface area contributed by atoms with Crippen molar-refractivity contribution in [2.45, 2.75) is 6.92 Å². The molecule has 0 bridgehead atoms. The van der Waals surface area contributed by atoms with Gasteiger partial charge in [-0.1, -0.05) is 41.9 Å². The van der Waals surface area contributed by atoms with Crippen molar-refractivity contribution in [1.82, 2.24) is 15.8 Å². The predicted octanol–water partition coefficient (Wildman–Crippen LogP) is 3.75. The van der Waals surface area contributed by atoms with Crippen molar-refractivity contribution in [3.8, 4) is 16.3 Å². The van der Waals surface area contributed by atoms with Crippen LogP contribution in [0.1, 0.15) is 15.4 Å². The number of rotatable bonds is 5. The molecule has 6 nitrogen and oxygen atoms in total. The van der Waals surface area contributed by atoms with Crippen molar-refractivity contribution < 1.29 is 18.7 Å². The summed E-state index contributed by atoms with van der Waals surface area (Å²) in [6, 6.07) is 13.2. The number of aryl methyl sites for hydroxylation is 1. The Bertz CT molecular complexity index is 1010. The zero-order valence-corrected chi connectivity index (χ0v) is 16.2. The van der Waals surface area contributed by atoms with Crippen LogP contribution in [0.2, 0.25) is 5.02 Å². The molecule has 0 saturated carbocycles. The molecule has 2 N–H and O–H groups in total. The zero-order chi connectivity index (χ0) is 20.1. The maximum absolute atomic E-state index is 13.1. The molecule has 2 amide bonds. The van der Waals surface area contributed by atoms with Crippen molar-refractivity contribution >= 4 is 34.8 Å². The van der Waals surface area contributed by atoms with Gasteiger partial charge in [0.05, 0.1) is 10.7 Å². The van der Waals surface area contributed by atoms with Crippen LogP contribution in [-0.2, 0) is 4.79 Å². The van der Waals surface area contributed by atoms with Gasteiger partial charge in [0.25, 0.3) is 11.8 Å². The van der Waals surface area contributed by atoms with Crippen LogP contribution >= 0.6 is 22.9 Å². The van der Waals surface area contributed by atoms with Crippen LogP contribution < -0.4 is 15.6 Å². The van der Waals surface area contributed by atoms with Crippen molar-refractivity contribution in [1.29, 1.82) is 0 Å². The molecule has 3 rings (SSSR count). The van der Waals surface area contributed by atoms with E-state index in [1.165, 1.54) is 23.5 Å². The molecule has 0 unspecified atom stereocenters. The Labute approximate surface area is 169 Å². The number of amides is 2. The number of thiazole rings is 1. The average Bonchev–Trinajstić information content (AvgIpc) is 3.09. The summed E-state index contributed by atoms with van der Waals surface area (Å²) in [7, 11) is 0. The van der Waals surface area contributed by atoms with E-state index in [2.05, 4.69) is 15.8 Å². The van der Waals surface area contributed by atoms with Crippen LogP contribution in [0.25, 0.3) is 10.6 Å². The minimum Gasteiger partial charge on any atom is -0.484 e. The highest BCUT2D eigenvalue weighted by Gasteiger charge is 2.17. The third-order valence-electron chi connectivity index (χ3n) is 3.60. The molecule has 0 saturated heterocycles. The minimum absolute atomic E-state index is 0.110. The standard InChI is InChI=1S/C19H15ClFN3O3S/c1-11-17(28-19(22-11)12-5-3-2-4-6-12)18(26)24-23-16(25)10-27-13-7-8-15(21)14(20)9-13/h2-9H,10H2,1H3,(H,23,25)(H,24,26). The molecule has 3 aromatic rings. The van der Waals surface area contributed by atoms with E-state index in [1.807, 2.05) is 30.3 Å². The molecule has 0 aliphatic carbocycles. The monoisotopic (exact) mass is 419 g/mol. The minimum atomic E-state index is -0.584. The Morgan fingerprint density at radius 2 is 1.93 bits per heavy atom. The first-order valence-electron chi connectivity index (χ1n) is 8.14. The number of carbonyl (C=O) groups excluding carboxylic acids is 2. The zero-order valence-electron chi connectivity index (χ0n) is 14.7. The van der Waals surface area contributed by atoms with Crippen molar-refractivity contribution in [3.05, 3.63) is 69.9 Å². The van der Waals surface area contributed by atoms with Crippen LogP contribution in [0.5, 0.6) is 5.75 Å². The molecule has 28 heavy (non-hydrogen) atoms. The largest absolute Gasteiger partial charge is 0.484 e. The van der Waals surface area contributed by atoms with Gasteiger partial charge in [-0.3, -0.25) is 20.4 Å². The summed E-state index contributed by atoms with van der Waals surface area (Å²) < 4.78 is 18.3. The number of hydrogen-bond donors (Lipinski definition) is 2. The van der Waals surface area contributed by atoms with Gasteiger partial charge in [0.1, 0.15) is 21.5 Å². The summed E-state index contributed by atoms with van der Waals surface area (Å²) in [5.41, 5.74) is 6.06. The first kappa shape index (κ1) is 19.8. The molecule has 0 atom stereocenters. The fourth-order valence-corrected chi connectivity index (χ4v) is 3.38. The second kappa shape index (κ2) is 8.81. The third-order valence-corrected chi connectivity index (χ3v) is 5.09. The van der Waals surface area contributed by atoms with Gasteiger partial charge >= 0.3 is 0 Å². The van der Waals surface area contributed by atoms with Gasteiger partial charge in [0.2, 0.25) is 0 Å². The number of benzene rings is 2. The highest BCUT2D eigenvalue weighted by Crippen LogP contribution is 2.27. The SMILES string of the molecule is Cc1nc(-c2ccccc2)sc1C(=O)NNC(=O)COc1ccc(F)c(Cl)c1. The number of aromatic nitrogens is 1. The Balaban J connectivity index is 1.54. The number of carbonyl (C=O) groups is 2. The van der Waals surface area contributed by atoms with E-state index in [0.29, 0.717) is 15.6 Å². The Kier molecular flexibility index (Phi) is 6.23. The highest BCUT2D eigenvalue weighted by atomic mass is 35.5. The highest BCUT2D eigenvalue weighted by molar-refractivity contribution is 7.17. The molecule has 0 aliphatic rings. The number of nitrogens with zero attached hydrogens (tertiary/aromatic N) is 1. The fourth-order valence-electron chi connectivity index (χ4n) is 2.25. The summed E-state index contributed by atoms with van der Waals surface area (Å²) in [4.78, 5) is 29.0. The van der Waals surface area contributed by atoms with E-state index in [4.69, 9.17) is 16.3 Å². The molecule has 0 fully saturated rings. The first-order valence-corrected chi connectivity index (χ1v) is 9.33. The summed E-state index contributed by atoms with van der Waals surface area (Å²) in [5, 5.41) is 0.604.